The summed E-state index contributed by atoms with van der Waals surface area (Å²) in [6, 6.07) is 6.34. The Morgan fingerprint density at radius 2 is 2.00 bits per heavy atom. The van der Waals surface area contributed by atoms with Crippen LogP contribution >= 0.6 is 0 Å². The number of hydrogen-bond acceptors (Lipinski definition) is 3. The second-order valence-electron chi connectivity index (χ2n) is 3.31. The van der Waals surface area contributed by atoms with E-state index in [1.54, 1.807) is 24.3 Å². The van der Waals surface area contributed by atoms with Crippen LogP contribution in [0.15, 0.2) is 24.3 Å². The number of nitrogens with one attached hydrogen (secondary N) is 1. The van der Waals surface area contributed by atoms with Crippen LogP contribution in [0.4, 0.5) is 5.69 Å². The molecule has 0 aromatic heterocycles. The molecule has 0 saturated heterocycles. The van der Waals surface area contributed by atoms with Crippen LogP contribution in [0.1, 0.15) is 23.7 Å². The molecule has 0 spiro atoms. The third-order valence-corrected chi connectivity index (χ3v) is 1.95. The first kappa shape index (κ1) is 12.8. The van der Waals surface area contributed by atoms with Crippen LogP contribution in [0.2, 0.25) is 0 Å². The van der Waals surface area contributed by atoms with Gasteiger partial charge in [-0.3, -0.25) is 4.79 Å². The smallest absolute Gasteiger partial charge is 0.338 e. The Hall–Kier alpha value is -2.28. The number of anilines is 1. The molecule has 1 N–H and O–H groups in total. The Morgan fingerprint density at radius 1 is 1.35 bits per heavy atom. The van der Waals surface area contributed by atoms with E-state index in [9.17, 15) is 9.59 Å². The highest BCUT2D eigenvalue weighted by Crippen LogP contribution is 2.10. The molecule has 4 nitrogen and oxygen atoms in total. The monoisotopic (exact) mass is 231 g/mol. The van der Waals surface area contributed by atoms with E-state index >= 15 is 0 Å². The van der Waals surface area contributed by atoms with Gasteiger partial charge in [-0.1, -0.05) is 6.92 Å². The zero-order valence-corrected chi connectivity index (χ0v) is 9.53. The van der Waals surface area contributed by atoms with Crippen molar-refractivity contribution in [1.82, 2.24) is 0 Å². The Labute approximate surface area is 100.0 Å². The fraction of sp³-hybridized carbons (Fsp3) is 0.231. The molecule has 0 bridgehead atoms. The minimum Gasteiger partial charge on any atom is -0.462 e. The molecule has 0 radical (unpaired) electrons. The van der Waals surface area contributed by atoms with Crippen LogP contribution < -0.4 is 5.32 Å². The van der Waals surface area contributed by atoms with Crippen molar-refractivity contribution < 1.29 is 14.3 Å². The molecule has 17 heavy (non-hydrogen) atoms. The van der Waals surface area contributed by atoms with E-state index in [0.717, 1.165) is 6.42 Å². The molecule has 0 heterocycles. The highest BCUT2D eigenvalue weighted by molar-refractivity contribution is 6.03. The van der Waals surface area contributed by atoms with Gasteiger partial charge in [0, 0.05) is 5.69 Å². The summed E-state index contributed by atoms with van der Waals surface area (Å²) in [7, 11) is 0. The Morgan fingerprint density at radius 3 is 2.53 bits per heavy atom. The van der Waals surface area contributed by atoms with Gasteiger partial charge in [-0.25, -0.2) is 4.79 Å². The number of carbonyl (C=O) groups is 2. The number of rotatable bonds is 4. The van der Waals surface area contributed by atoms with Crippen LogP contribution in [0.5, 0.6) is 0 Å². The summed E-state index contributed by atoms with van der Waals surface area (Å²) in [5.74, 6) is 1.04. The van der Waals surface area contributed by atoms with Crippen molar-refractivity contribution in [1.29, 1.82) is 0 Å². The standard InChI is InChI=1S/C13H13NO3/c1-3-9-17-13(16)10-5-7-11(8-6-10)14-12(15)4-2/h2,5-8H,3,9H2,1H3,(H,14,15). The van der Waals surface area contributed by atoms with E-state index in [2.05, 4.69) is 5.32 Å². The first-order chi connectivity index (χ1) is 8.17. The molecule has 0 atom stereocenters. The number of hydrogen-bond donors (Lipinski definition) is 1. The molecule has 88 valence electrons. The van der Waals surface area contributed by atoms with Crippen molar-refractivity contribution >= 4 is 17.6 Å². The number of amides is 1. The van der Waals surface area contributed by atoms with E-state index in [0.29, 0.717) is 17.9 Å². The zero-order valence-electron chi connectivity index (χ0n) is 9.53. The summed E-state index contributed by atoms with van der Waals surface area (Å²) in [5.41, 5.74) is 0.983. The summed E-state index contributed by atoms with van der Waals surface area (Å²) < 4.78 is 4.96. The number of ether oxygens (including phenoxy) is 1. The highest BCUT2D eigenvalue weighted by atomic mass is 16.5. The molecule has 0 saturated carbocycles. The van der Waals surface area contributed by atoms with Crippen LogP contribution in [0.3, 0.4) is 0 Å². The van der Waals surface area contributed by atoms with Gasteiger partial charge in [-0.05, 0) is 36.6 Å². The molecular weight excluding hydrogens is 218 g/mol. The summed E-state index contributed by atoms with van der Waals surface area (Å²) in [4.78, 5) is 22.4. The lowest BCUT2D eigenvalue weighted by Gasteiger charge is -2.04. The maximum absolute atomic E-state index is 11.5. The summed E-state index contributed by atoms with van der Waals surface area (Å²) in [6.45, 7) is 2.32. The summed E-state index contributed by atoms with van der Waals surface area (Å²) >= 11 is 0. The Balaban J connectivity index is 2.65. The third-order valence-electron chi connectivity index (χ3n) is 1.95. The lowest BCUT2D eigenvalue weighted by molar-refractivity contribution is -0.111. The Bertz CT molecular complexity index is 443. The van der Waals surface area contributed by atoms with Crippen molar-refractivity contribution in [3.05, 3.63) is 29.8 Å². The maximum Gasteiger partial charge on any atom is 0.338 e. The van der Waals surface area contributed by atoms with Crippen LogP contribution in [-0.4, -0.2) is 18.5 Å². The third kappa shape index (κ3) is 3.99. The zero-order chi connectivity index (χ0) is 12.7. The quantitative estimate of drug-likeness (QED) is 0.635. The number of terminal acetylenes is 1. The second-order valence-corrected chi connectivity index (χ2v) is 3.31. The predicted octanol–water partition coefficient (Wildman–Crippen LogP) is 1.83. The molecule has 4 heteroatoms. The van der Waals surface area contributed by atoms with Gasteiger partial charge in [0.25, 0.3) is 5.91 Å². The largest absolute Gasteiger partial charge is 0.462 e. The van der Waals surface area contributed by atoms with Crippen molar-refractivity contribution in [2.75, 3.05) is 11.9 Å². The van der Waals surface area contributed by atoms with E-state index < -0.39 is 5.91 Å². The lowest BCUT2D eigenvalue weighted by Crippen LogP contribution is -2.09. The number of carbonyl (C=O) groups excluding carboxylic acids is 2. The average Bonchev–Trinajstić information content (AvgIpc) is 2.36. The lowest BCUT2D eigenvalue weighted by atomic mass is 10.2. The van der Waals surface area contributed by atoms with Gasteiger partial charge in [0.05, 0.1) is 12.2 Å². The van der Waals surface area contributed by atoms with Gasteiger partial charge in [0.15, 0.2) is 0 Å². The first-order valence-electron chi connectivity index (χ1n) is 5.22. The summed E-state index contributed by atoms with van der Waals surface area (Å²) in [6.07, 6.45) is 5.70. The van der Waals surface area contributed by atoms with Gasteiger partial charge in [0.2, 0.25) is 0 Å². The second kappa shape index (κ2) is 6.33. The van der Waals surface area contributed by atoms with Gasteiger partial charge >= 0.3 is 5.97 Å². The molecule has 1 aromatic rings. The maximum atomic E-state index is 11.5. The van der Waals surface area contributed by atoms with E-state index in [1.807, 2.05) is 12.8 Å². The molecule has 1 rings (SSSR count). The number of benzene rings is 1. The predicted molar refractivity (Wildman–Crippen MR) is 64.5 cm³/mol. The van der Waals surface area contributed by atoms with E-state index in [-0.39, 0.29) is 5.97 Å². The molecule has 0 unspecified atom stereocenters. The molecule has 1 aromatic carbocycles. The van der Waals surface area contributed by atoms with Crippen LogP contribution in [0, 0.1) is 12.3 Å². The highest BCUT2D eigenvalue weighted by Gasteiger charge is 2.06. The molecule has 1 amide bonds. The van der Waals surface area contributed by atoms with Gasteiger partial charge < -0.3 is 10.1 Å². The van der Waals surface area contributed by atoms with Crippen LogP contribution in [-0.2, 0) is 9.53 Å². The Kier molecular flexibility index (Phi) is 4.77. The summed E-state index contributed by atoms with van der Waals surface area (Å²) in [5, 5.41) is 2.47. The van der Waals surface area contributed by atoms with Crippen LogP contribution in [0.25, 0.3) is 0 Å². The molecule has 0 aliphatic rings. The fourth-order valence-electron chi connectivity index (χ4n) is 1.13. The van der Waals surface area contributed by atoms with Gasteiger partial charge in [-0.2, -0.15) is 0 Å². The van der Waals surface area contributed by atoms with Gasteiger partial charge in [0.1, 0.15) is 0 Å². The SMILES string of the molecule is C#CC(=O)Nc1ccc(C(=O)OCCC)cc1. The molecule has 0 aliphatic heterocycles. The van der Waals surface area contributed by atoms with Gasteiger partial charge in [-0.15, -0.1) is 6.42 Å². The fourth-order valence-corrected chi connectivity index (χ4v) is 1.13. The van der Waals surface area contributed by atoms with Crippen molar-refractivity contribution in [3.63, 3.8) is 0 Å². The first-order valence-corrected chi connectivity index (χ1v) is 5.22. The van der Waals surface area contributed by atoms with E-state index in [4.69, 9.17) is 11.2 Å². The minimum absolute atomic E-state index is 0.373. The normalized spacial score (nSPS) is 9.18. The average molecular weight is 231 g/mol. The van der Waals surface area contributed by atoms with E-state index in [1.165, 1.54) is 0 Å². The minimum atomic E-state index is -0.522. The topological polar surface area (TPSA) is 55.4 Å². The molecule has 0 aliphatic carbocycles. The molecular formula is C13H13NO3. The van der Waals surface area contributed by atoms with Crippen molar-refractivity contribution in [2.45, 2.75) is 13.3 Å². The number of esters is 1. The van der Waals surface area contributed by atoms with Crippen molar-refractivity contribution in [3.8, 4) is 12.3 Å². The van der Waals surface area contributed by atoms with Crippen molar-refractivity contribution in [2.24, 2.45) is 0 Å². The molecule has 0 fully saturated rings.